The lowest BCUT2D eigenvalue weighted by atomic mass is 9.84. The van der Waals surface area contributed by atoms with Crippen LogP contribution in [0.2, 0.25) is 0 Å². The zero-order chi connectivity index (χ0) is 21.0. The van der Waals surface area contributed by atoms with Gasteiger partial charge in [0.25, 0.3) is 0 Å². The van der Waals surface area contributed by atoms with Crippen LogP contribution in [0.1, 0.15) is 69.4 Å². The van der Waals surface area contributed by atoms with Crippen molar-refractivity contribution in [3.63, 3.8) is 0 Å². The molecule has 0 fully saturated rings. The lowest BCUT2D eigenvalue weighted by molar-refractivity contribution is 0.590. The summed E-state index contributed by atoms with van der Waals surface area (Å²) in [5.41, 5.74) is 10.9. The summed E-state index contributed by atoms with van der Waals surface area (Å²) in [6, 6.07) is 22.5. The highest BCUT2D eigenvalue weighted by molar-refractivity contribution is 9.10. The van der Waals surface area contributed by atoms with Gasteiger partial charge in [-0.1, -0.05) is 99.9 Å². The van der Waals surface area contributed by atoms with Gasteiger partial charge in [-0.2, -0.15) is 0 Å². The molecule has 0 radical (unpaired) electrons. The topological polar surface area (TPSA) is 0 Å². The SMILES string of the molecule is CC(C)(C)c1ccc2c(c1)C(=Cc1ccccc1Br)c1cc(C(C)(C)C)ccc1-2. The van der Waals surface area contributed by atoms with Gasteiger partial charge in [-0.25, -0.2) is 0 Å². The average Bonchev–Trinajstić information content (AvgIpc) is 2.95. The third-order valence-corrected chi connectivity index (χ3v) is 6.57. The van der Waals surface area contributed by atoms with Crippen LogP contribution in [-0.2, 0) is 10.8 Å². The lowest BCUT2D eigenvalue weighted by Gasteiger charge is -2.20. The predicted molar refractivity (Wildman–Crippen MR) is 130 cm³/mol. The summed E-state index contributed by atoms with van der Waals surface area (Å²) in [5.74, 6) is 0. The molecule has 0 unspecified atom stereocenters. The first-order chi connectivity index (χ1) is 13.6. The highest BCUT2D eigenvalue weighted by Gasteiger charge is 2.27. The normalized spacial score (nSPS) is 13.3. The van der Waals surface area contributed by atoms with Crippen LogP contribution in [0, 0.1) is 0 Å². The molecule has 1 aliphatic carbocycles. The molecule has 0 heterocycles. The molecular weight excluding hydrogens is 416 g/mol. The minimum Gasteiger partial charge on any atom is -0.0616 e. The van der Waals surface area contributed by atoms with Crippen LogP contribution in [0.15, 0.2) is 65.1 Å². The van der Waals surface area contributed by atoms with E-state index in [0.717, 1.165) is 4.47 Å². The van der Waals surface area contributed by atoms with Crippen molar-refractivity contribution in [2.24, 2.45) is 0 Å². The number of benzene rings is 3. The Labute approximate surface area is 183 Å². The summed E-state index contributed by atoms with van der Waals surface area (Å²) in [4.78, 5) is 0. The van der Waals surface area contributed by atoms with E-state index >= 15 is 0 Å². The molecular formula is C28H29Br. The van der Waals surface area contributed by atoms with Crippen LogP contribution in [0.25, 0.3) is 22.8 Å². The van der Waals surface area contributed by atoms with Crippen LogP contribution >= 0.6 is 15.9 Å². The molecule has 0 aliphatic heterocycles. The first kappa shape index (κ1) is 20.2. The second kappa shape index (κ2) is 6.99. The first-order valence-corrected chi connectivity index (χ1v) is 11.1. The van der Waals surface area contributed by atoms with E-state index in [-0.39, 0.29) is 10.8 Å². The molecule has 0 saturated carbocycles. The fourth-order valence-electron chi connectivity index (χ4n) is 3.99. The minimum absolute atomic E-state index is 0.124. The molecule has 0 saturated heterocycles. The quantitative estimate of drug-likeness (QED) is 0.275. The van der Waals surface area contributed by atoms with Crippen molar-refractivity contribution in [2.75, 3.05) is 0 Å². The summed E-state index contributed by atoms with van der Waals surface area (Å²) in [6.45, 7) is 13.7. The van der Waals surface area contributed by atoms with Crippen LogP contribution in [0.4, 0.5) is 0 Å². The van der Waals surface area contributed by atoms with Gasteiger partial charge >= 0.3 is 0 Å². The van der Waals surface area contributed by atoms with Gasteiger partial charge in [0, 0.05) is 4.47 Å². The minimum atomic E-state index is 0.124. The summed E-state index contributed by atoms with van der Waals surface area (Å²) in [5, 5.41) is 0. The molecule has 0 bridgehead atoms. The molecule has 0 atom stereocenters. The van der Waals surface area contributed by atoms with Crippen molar-refractivity contribution < 1.29 is 0 Å². The third-order valence-electron chi connectivity index (χ3n) is 5.85. The van der Waals surface area contributed by atoms with E-state index in [1.165, 1.54) is 44.5 Å². The maximum Gasteiger partial charge on any atom is 0.0247 e. The number of rotatable bonds is 1. The molecule has 3 aromatic carbocycles. The van der Waals surface area contributed by atoms with Gasteiger partial charge in [0.15, 0.2) is 0 Å². The van der Waals surface area contributed by atoms with Crippen LogP contribution in [0.3, 0.4) is 0 Å². The fourth-order valence-corrected chi connectivity index (χ4v) is 4.38. The summed E-state index contributed by atoms with van der Waals surface area (Å²) in [7, 11) is 0. The molecule has 4 rings (SSSR count). The first-order valence-electron chi connectivity index (χ1n) is 10.3. The molecule has 0 spiro atoms. The summed E-state index contributed by atoms with van der Waals surface area (Å²) < 4.78 is 1.13. The van der Waals surface area contributed by atoms with Gasteiger partial charge in [0.2, 0.25) is 0 Å². The molecule has 0 nitrogen and oxygen atoms in total. The van der Waals surface area contributed by atoms with Crippen molar-refractivity contribution in [1.29, 1.82) is 0 Å². The highest BCUT2D eigenvalue weighted by atomic mass is 79.9. The molecule has 29 heavy (non-hydrogen) atoms. The van der Waals surface area contributed by atoms with Crippen molar-refractivity contribution in [1.82, 2.24) is 0 Å². The monoisotopic (exact) mass is 444 g/mol. The Bertz CT molecular complexity index is 1050. The Morgan fingerprint density at radius 2 is 1.10 bits per heavy atom. The second-order valence-corrected chi connectivity index (χ2v) is 11.0. The predicted octanol–water partition coefficient (Wildman–Crippen LogP) is 8.61. The van der Waals surface area contributed by atoms with Gasteiger partial charge in [0.1, 0.15) is 0 Å². The molecule has 1 heteroatoms. The largest absolute Gasteiger partial charge is 0.0616 e. The molecule has 0 amide bonds. The average molecular weight is 445 g/mol. The van der Waals surface area contributed by atoms with Crippen LogP contribution in [0.5, 0.6) is 0 Å². The molecule has 3 aromatic rings. The van der Waals surface area contributed by atoms with Gasteiger partial charge in [-0.3, -0.25) is 0 Å². The number of hydrogen-bond donors (Lipinski definition) is 0. The van der Waals surface area contributed by atoms with Crippen molar-refractivity contribution >= 4 is 27.6 Å². The van der Waals surface area contributed by atoms with E-state index in [1.807, 2.05) is 0 Å². The van der Waals surface area contributed by atoms with Crippen LogP contribution in [-0.4, -0.2) is 0 Å². The number of halogens is 1. The Hall–Kier alpha value is -2.12. The zero-order valence-electron chi connectivity index (χ0n) is 18.2. The standard InChI is InChI=1S/C28H29Br/c1-27(2,3)19-11-13-21-22-14-12-20(28(4,5)6)17-25(22)23(24(21)16-19)15-18-9-7-8-10-26(18)29/h7-17H,1-6H3. The van der Waals surface area contributed by atoms with Gasteiger partial charge in [0.05, 0.1) is 0 Å². The van der Waals surface area contributed by atoms with Gasteiger partial charge in [-0.05, 0) is 79.6 Å². The maximum atomic E-state index is 3.73. The van der Waals surface area contributed by atoms with E-state index in [4.69, 9.17) is 0 Å². The van der Waals surface area contributed by atoms with E-state index in [2.05, 4.69) is 124 Å². The Morgan fingerprint density at radius 1 is 0.621 bits per heavy atom. The molecule has 148 valence electrons. The Balaban J connectivity index is 2.00. The van der Waals surface area contributed by atoms with Crippen molar-refractivity contribution in [2.45, 2.75) is 52.4 Å². The van der Waals surface area contributed by atoms with Gasteiger partial charge in [-0.15, -0.1) is 0 Å². The van der Waals surface area contributed by atoms with Gasteiger partial charge < -0.3 is 0 Å². The highest BCUT2D eigenvalue weighted by Crippen LogP contribution is 2.47. The van der Waals surface area contributed by atoms with Crippen molar-refractivity contribution in [3.05, 3.63) is 93.0 Å². The van der Waals surface area contributed by atoms with E-state index < -0.39 is 0 Å². The number of fused-ring (bicyclic) bond motifs is 3. The Kier molecular flexibility index (Phi) is 4.86. The van der Waals surface area contributed by atoms with E-state index in [9.17, 15) is 0 Å². The van der Waals surface area contributed by atoms with Crippen molar-refractivity contribution in [3.8, 4) is 11.1 Å². The third kappa shape index (κ3) is 3.73. The van der Waals surface area contributed by atoms with E-state index in [1.54, 1.807) is 0 Å². The van der Waals surface area contributed by atoms with E-state index in [0.29, 0.717) is 0 Å². The maximum absolute atomic E-state index is 3.73. The summed E-state index contributed by atoms with van der Waals surface area (Å²) in [6.07, 6.45) is 2.34. The Morgan fingerprint density at radius 3 is 1.55 bits per heavy atom. The zero-order valence-corrected chi connectivity index (χ0v) is 19.8. The number of hydrogen-bond acceptors (Lipinski definition) is 0. The fraction of sp³-hybridized carbons (Fsp3) is 0.286. The summed E-state index contributed by atoms with van der Waals surface area (Å²) >= 11 is 3.73. The lowest BCUT2D eigenvalue weighted by Crippen LogP contribution is -2.11. The van der Waals surface area contributed by atoms with Crippen LogP contribution < -0.4 is 0 Å². The molecule has 0 aromatic heterocycles. The molecule has 1 aliphatic rings. The second-order valence-electron chi connectivity index (χ2n) is 10.1. The smallest absolute Gasteiger partial charge is 0.0247 e. The molecule has 0 N–H and O–H groups in total.